The minimum absolute atomic E-state index is 0.303. The number of hydrogen-bond donors (Lipinski definition) is 2. The lowest BCUT2D eigenvalue weighted by atomic mass is 10.1. The summed E-state index contributed by atoms with van der Waals surface area (Å²) in [6.07, 6.45) is 3.60. The molecule has 0 radical (unpaired) electrons. The lowest BCUT2D eigenvalue weighted by molar-refractivity contribution is -0.130. The topological polar surface area (TPSA) is 76.0 Å². The molecule has 2 aromatic rings. The molecule has 0 fully saturated rings. The van der Waals surface area contributed by atoms with Crippen LogP contribution in [0.15, 0.2) is 41.6 Å². The van der Waals surface area contributed by atoms with E-state index in [9.17, 15) is 9.59 Å². The Morgan fingerprint density at radius 1 is 1.43 bits per heavy atom. The van der Waals surface area contributed by atoms with Crippen molar-refractivity contribution in [3.05, 3.63) is 42.2 Å². The summed E-state index contributed by atoms with van der Waals surface area (Å²) in [6.45, 7) is 4.77. The van der Waals surface area contributed by atoms with Crippen LogP contribution >= 0.6 is 11.8 Å². The van der Waals surface area contributed by atoms with E-state index in [1.54, 1.807) is 17.8 Å². The summed E-state index contributed by atoms with van der Waals surface area (Å²) in [5, 5.41) is 9.81. The molecule has 0 spiro atoms. The van der Waals surface area contributed by atoms with E-state index in [4.69, 9.17) is 0 Å². The fourth-order valence-corrected chi connectivity index (χ4v) is 3.46. The van der Waals surface area contributed by atoms with Gasteiger partial charge in [0.1, 0.15) is 0 Å². The molecule has 0 bridgehead atoms. The summed E-state index contributed by atoms with van der Waals surface area (Å²) in [5.41, 5.74) is 1.66. The number of fused-ring (bicyclic) bond motifs is 1. The number of benzene rings is 1. The van der Waals surface area contributed by atoms with Gasteiger partial charge >= 0.3 is 0 Å². The SMILES string of the molecule is CCn1cc(CNC(=O)C2(C)Sc3ccccc3NC2=O)cn1. The Bertz CT molecular complexity index is 758. The molecule has 1 atom stereocenters. The van der Waals surface area contributed by atoms with Gasteiger partial charge in [-0.1, -0.05) is 23.9 Å². The molecule has 0 saturated carbocycles. The van der Waals surface area contributed by atoms with Crippen molar-refractivity contribution in [2.45, 2.75) is 36.6 Å². The van der Waals surface area contributed by atoms with Gasteiger partial charge in [-0.3, -0.25) is 14.3 Å². The van der Waals surface area contributed by atoms with E-state index in [1.165, 1.54) is 11.8 Å². The molecule has 2 heterocycles. The predicted octanol–water partition coefficient (Wildman–Crippen LogP) is 2.02. The largest absolute Gasteiger partial charge is 0.350 e. The highest BCUT2D eigenvalue weighted by molar-refractivity contribution is 8.02. The number of carbonyl (C=O) groups is 2. The molecule has 1 aromatic heterocycles. The molecule has 1 aromatic carbocycles. The van der Waals surface area contributed by atoms with Crippen LogP contribution in [0.25, 0.3) is 0 Å². The summed E-state index contributed by atoms with van der Waals surface area (Å²) in [4.78, 5) is 25.8. The third-order valence-electron chi connectivity index (χ3n) is 3.78. The summed E-state index contributed by atoms with van der Waals surface area (Å²) >= 11 is 1.28. The first kappa shape index (κ1) is 15.6. The number of hydrogen-bond acceptors (Lipinski definition) is 4. The summed E-state index contributed by atoms with van der Waals surface area (Å²) in [7, 11) is 0. The number of carbonyl (C=O) groups excluding carboxylic acids is 2. The first-order valence-electron chi connectivity index (χ1n) is 7.42. The molecule has 1 aliphatic rings. The van der Waals surface area contributed by atoms with Crippen LogP contribution in [0.5, 0.6) is 0 Å². The van der Waals surface area contributed by atoms with Crippen LogP contribution in [0.3, 0.4) is 0 Å². The molecular formula is C16H18N4O2S. The zero-order valence-corrected chi connectivity index (χ0v) is 13.8. The number of aryl methyl sites for hydroxylation is 1. The van der Waals surface area contributed by atoms with E-state index < -0.39 is 4.75 Å². The van der Waals surface area contributed by atoms with Crippen LogP contribution in [0.1, 0.15) is 19.4 Å². The third-order valence-corrected chi connectivity index (χ3v) is 5.13. The molecule has 23 heavy (non-hydrogen) atoms. The summed E-state index contributed by atoms with van der Waals surface area (Å²) in [6, 6.07) is 7.47. The minimum atomic E-state index is -1.19. The van der Waals surface area contributed by atoms with E-state index in [-0.39, 0.29) is 11.8 Å². The maximum atomic E-state index is 12.6. The van der Waals surface area contributed by atoms with Crippen LogP contribution in [-0.2, 0) is 22.7 Å². The monoisotopic (exact) mass is 330 g/mol. The van der Waals surface area contributed by atoms with Crippen molar-refractivity contribution in [1.29, 1.82) is 0 Å². The maximum absolute atomic E-state index is 12.6. The molecular weight excluding hydrogens is 312 g/mol. The van der Waals surface area contributed by atoms with Gasteiger partial charge in [-0.25, -0.2) is 0 Å². The summed E-state index contributed by atoms with van der Waals surface area (Å²) in [5.74, 6) is -0.610. The van der Waals surface area contributed by atoms with Crippen molar-refractivity contribution in [1.82, 2.24) is 15.1 Å². The second kappa shape index (κ2) is 6.08. The fraction of sp³-hybridized carbons (Fsp3) is 0.312. The quantitative estimate of drug-likeness (QED) is 0.841. The molecule has 0 saturated heterocycles. The Kier molecular flexibility index (Phi) is 4.12. The number of nitrogens with one attached hydrogen (secondary N) is 2. The number of aromatic nitrogens is 2. The zero-order chi connectivity index (χ0) is 16.4. The second-order valence-electron chi connectivity index (χ2n) is 5.47. The Labute approximate surface area is 138 Å². The number of para-hydroxylation sites is 1. The van der Waals surface area contributed by atoms with Crippen molar-refractivity contribution in [2.75, 3.05) is 5.32 Å². The van der Waals surface area contributed by atoms with Gasteiger partial charge in [-0.05, 0) is 26.0 Å². The number of rotatable bonds is 4. The first-order chi connectivity index (χ1) is 11.0. The van der Waals surface area contributed by atoms with E-state index in [1.807, 2.05) is 37.4 Å². The van der Waals surface area contributed by atoms with Crippen LogP contribution in [0, 0.1) is 0 Å². The molecule has 2 amide bonds. The highest BCUT2D eigenvalue weighted by Gasteiger charge is 2.45. The standard InChI is InChI=1S/C16H18N4O2S/c1-3-20-10-11(9-18-20)8-17-14(21)16(2)15(22)19-12-6-4-5-7-13(12)23-16/h4-7,9-10H,3,8H2,1-2H3,(H,17,21)(H,19,22). The molecule has 2 N–H and O–H groups in total. The lowest BCUT2D eigenvalue weighted by Gasteiger charge is -2.31. The molecule has 3 rings (SSSR count). The van der Waals surface area contributed by atoms with Gasteiger partial charge in [0.2, 0.25) is 11.8 Å². The summed E-state index contributed by atoms with van der Waals surface area (Å²) < 4.78 is 0.608. The van der Waals surface area contributed by atoms with Gasteiger partial charge in [-0.15, -0.1) is 0 Å². The molecule has 6 nitrogen and oxygen atoms in total. The van der Waals surface area contributed by atoms with Crippen molar-refractivity contribution in [2.24, 2.45) is 0 Å². The number of thioether (sulfide) groups is 1. The second-order valence-corrected chi connectivity index (χ2v) is 6.93. The Morgan fingerprint density at radius 2 is 2.22 bits per heavy atom. The van der Waals surface area contributed by atoms with Gasteiger partial charge in [0.05, 0.1) is 11.9 Å². The van der Waals surface area contributed by atoms with Gasteiger partial charge in [0.25, 0.3) is 0 Å². The van der Waals surface area contributed by atoms with Crippen molar-refractivity contribution in [3.8, 4) is 0 Å². The first-order valence-corrected chi connectivity index (χ1v) is 8.23. The fourth-order valence-electron chi connectivity index (χ4n) is 2.34. The third kappa shape index (κ3) is 2.96. The molecule has 7 heteroatoms. The Balaban J connectivity index is 1.72. The highest BCUT2D eigenvalue weighted by atomic mass is 32.2. The van der Waals surface area contributed by atoms with Crippen molar-refractivity contribution < 1.29 is 9.59 Å². The Morgan fingerprint density at radius 3 is 2.96 bits per heavy atom. The lowest BCUT2D eigenvalue weighted by Crippen LogP contribution is -2.51. The van der Waals surface area contributed by atoms with E-state index in [0.29, 0.717) is 6.54 Å². The zero-order valence-electron chi connectivity index (χ0n) is 13.0. The minimum Gasteiger partial charge on any atom is -0.350 e. The number of nitrogens with zero attached hydrogens (tertiary/aromatic N) is 2. The predicted molar refractivity (Wildman–Crippen MR) is 89.1 cm³/mol. The van der Waals surface area contributed by atoms with Gasteiger partial charge in [0.15, 0.2) is 4.75 Å². The van der Waals surface area contributed by atoms with Gasteiger partial charge < -0.3 is 10.6 Å². The molecule has 1 unspecified atom stereocenters. The van der Waals surface area contributed by atoms with Crippen LogP contribution in [0.2, 0.25) is 0 Å². The number of anilines is 1. The normalized spacial score (nSPS) is 19.8. The highest BCUT2D eigenvalue weighted by Crippen LogP contribution is 2.42. The van der Waals surface area contributed by atoms with E-state index in [0.717, 1.165) is 22.7 Å². The number of amides is 2. The van der Waals surface area contributed by atoms with Gasteiger partial charge in [-0.2, -0.15) is 5.10 Å². The molecule has 120 valence electrons. The van der Waals surface area contributed by atoms with Crippen LogP contribution in [0.4, 0.5) is 5.69 Å². The molecule has 0 aliphatic carbocycles. The van der Waals surface area contributed by atoms with Gasteiger partial charge in [0, 0.05) is 29.7 Å². The van der Waals surface area contributed by atoms with Crippen molar-refractivity contribution >= 4 is 29.3 Å². The smallest absolute Gasteiger partial charge is 0.250 e. The van der Waals surface area contributed by atoms with Crippen LogP contribution < -0.4 is 10.6 Å². The van der Waals surface area contributed by atoms with Crippen LogP contribution in [-0.4, -0.2) is 26.3 Å². The average molecular weight is 330 g/mol. The Hall–Kier alpha value is -2.28. The van der Waals surface area contributed by atoms with E-state index >= 15 is 0 Å². The van der Waals surface area contributed by atoms with Crippen molar-refractivity contribution in [3.63, 3.8) is 0 Å². The van der Waals surface area contributed by atoms with E-state index in [2.05, 4.69) is 15.7 Å². The molecule has 1 aliphatic heterocycles. The maximum Gasteiger partial charge on any atom is 0.250 e. The average Bonchev–Trinajstić information content (AvgIpc) is 3.01.